The van der Waals surface area contributed by atoms with E-state index in [0.29, 0.717) is 0 Å². The maximum atomic E-state index is 6.28. The van der Waals surface area contributed by atoms with Crippen LogP contribution in [0.5, 0.6) is 0 Å². The topological polar surface area (TPSA) is 31.0 Å². The van der Waals surface area contributed by atoms with Crippen LogP contribution < -0.4 is 0 Å². The third-order valence-electron chi connectivity index (χ3n) is 13.4. The van der Waals surface area contributed by atoms with Crippen LogP contribution in [0.25, 0.3) is 105 Å². The van der Waals surface area contributed by atoms with Gasteiger partial charge in [-0.1, -0.05) is 140 Å². The summed E-state index contributed by atoms with van der Waals surface area (Å²) in [6.07, 6.45) is 0. The van der Waals surface area contributed by atoms with E-state index >= 15 is 0 Å². The smallest absolute Gasteiger partial charge is 0.135 e. The van der Waals surface area contributed by atoms with Gasteiger partial charge in [0.2, 0.25) is 0 Å². The van der Waals surface area contributed by atoms with Crippen LogP contribution in [0.2, 0.25) is 5.11 Å². The number of fused-ring (bicyclic) bond motifs is 6. The van der Waals surface area contributed by atoms with Gasteiger partial charge in [-0.05, 0) is 120 Å². The van der Waals surface area contributed by atoms with E-state index in [9.17, 15) is 0 Å². The average molecular weight is 776 g/mol. The molecule has 9 aromatic carbocycles. The summed E-state index contributed by atoms with van der Waals surface area (Å²) >= 11 is 0. The Morgan fingerprint density at radius 2 is 0.902 bits per heavy atom. The molecule has 61 heavy (non-hydrogen) atoms. The van der Waals surface area contributed by atoms with Crippen molar-refractivity contribution in [2.45, 2.75) is 10.3 Å². The van der Waals surface area contributed by atoms with Gasteiger partial charge in [-0.3, -0.25) is 4.57 Å². The lowest BCUT2D eigenvalue weighted by atomic mass is 9.23. The summed E-state index contributed by atoms with van der Waals surface area (Å²) < 4.78 is 8.63. The fourth-order valence-electron chi connectivity index (χ4n) is 9.17. The molecule has 0 aliphatic carbocycles. The number of furan rings is 1. The number of benzene rings is 9. The molecule has 11 aromatic rings. The number of nitrogens with zero attached hydrogens (tertiary/aromatic N) is 2. The van der Waals surface area contributed by atoms with Crippen LogP contribution >= 0.6 is 0 Å². The zero-order valence-corrected chi connectivity index (χ0v) is 35.2. The quantitative estimate of drug-likeness (QED) is 0.119. The van der Waals surface area contributed by atoms with E-state index in [0.717, 1.165) is 44.5 Å². The van der Waals surface area contributed by atoms with Crippen molar-refractivity contribution in [3.8, 4) is 50.2 Å². The van der Waals surface area contributed by atoms with Crippen LogP contribution in [0.15, 0.2) is 192 Å². The van der Waals surface area contributed by atoms with E-state index in [1.54, 1.807) is 0 Å². The van der Waals surface area contributed by atoms with Crippen molar-refractivity contribution in [1.29, 1.82) is 0 Å². The summed E-state index contributed by atoms with van der Waals surface area (Å²) in [5, 5.41) is 7.01. The largest absolute Gasteiger partial charge is 0.456 e. The summed E-state index contributed by atoms with van der Waals surface area (Å²) in [7, 11) is 11.5. The Bertz CT molecular complexity index is 3480. The minimum absolute atomic E-state index is 0.0128. The van der Waals surface area contributed by atoms with Gasteiger partial charge in [0.05, 0.1) is 34.6 Å². The van der Waals surface area contributed by atoms with Crippen LogP contribution in [0, 0.1) is 0 Å². The number of aromatic nitrogens is 2. The number of hydrogen-bond acceptors (Lipinski definition) is 2. The van der Waals surface area contributed by atoms with E-state index in [4.69, 9.17) is 9.40 Å². The van der Waals surface area contributed by atoms with Crippen LogP contribution in [-0.2, 0) is 5.21 Å². The normalized spacial score (nSPS) is 12.3. The van der Waals surface area contributed by atoms with E-state index in [-0.39, 0.29) is 10.3 Å². The Morgan fingerprint density at radius 1 is 0.393 bits per heavy atom. The highest BCUT2D eigenvalue weighted by Gasteiger charge is 2.38. The van der Waals surface area contributed by atoms with Gasteiger partial charge in [-0.25, -0.2) is 4.98 Å². The molecule has 0 fully saturated rings. The highest BCUT2D eigenvalue weighted by Crippen LogP contribution is 2.46. The lowest BCUT2D eigenvalue weighted by Crippen LogP contribution is -2.45. The average Bonchev–Trinajstić information content (AvgIpc) is 3.87. The Balaban J connectivity index is 1.04. The molecule has 0 atom stereocenters. The van der Waals surface area contributed by atoms with Crippen LogP contribution in [0.1, 0.15) is 5.82 Å². The van der Waals surface area contributed by atoms with Gasteiger partial charge in [-0.15, -0.1) is 5.11 Å². The molecular weight excluding hydrogens is 735 g/mol. The maximum absolute atomic E-state index is 6.28. The lowest BCUT2D eigenvalue weighted by molar-refractivity contribution is 0.669. The van der Waals surface area contributed by atoms with Crippen molar-refractivity contribution in [3.05, 3.63) is 194 Å². The predicted molar refractivity (Wildman–Crippen MR) is 272 cm³/mol. The molecule has 0 saturated heterocycles. The van der Waals surface area contributed by atoms with Crippen LogP contribution in [0.3, 0.4) is 0 Å². The molecule has 2 heterocycles. The molecule has 8 heteroatoms. The molecule has 2 aromatic heterocycles. The van der Waals surface area contributed by atoms with Crippen molar-refractivity contribution in [2.75, 3.05) is 0 Å². The molecule has 0 amide bonds. The van der Waals surface area contributed by atoms with E-state index in [1.165, 1.54) is 66.1 Å². The number of para-hydroxylation sites is 3. The summed E-state index contributed by atoms with van der Waals surface area (Å²) in [4.78, 5) is 5.21. The third kappa shape index (κ3) is 6.07. The SMILES string of the molecule is BC(B)(B)C(B)(B)c1nc2ccccc2n1-c1ccc(-c2ccc(-c3c4ccccc4c(-c4ccc5oc6ccccc6c5c4)c4cc(-c5ccccc5)ccc34)cc2)cc1. The van der Waals surface area contributed by atoms with Crippen LogP contribution in [-0.4, -0.2) is 48.8 Å². The molecule has 0 spiro atoms. The fraction of sp³-hybridized carbons (Fsp3) is 0.0377. The maximum Gasteiger partial charge on any atom is 0.135 e. The standard InChI is InChI=1S/C53H41B5N2O/c54-52(55,53(56,57)58)51-59-45-15-7-8-16-46(45)60(51)38-26-22-34(23-27-38)33-18-20-35(21-19-33)49-40-13-4-5-14-41(40)50(44-30-36(24-28-42(44)49)32-10-2-1-3-11-32)37-25-29-48-43(31-37)39-12-6-9-17-47(39)61-48/h1-31H,54-58H2. The Hall–Kier alpha value is -6.91. The highest BCUT2D eigenvalue weighted by molar-refractivity contribution is 6.67. The zero-order chi connectivity index (χ0) is 41.5. The molecule has 0 aliphatic rings. The second-order valence-corrected chi connectivity index (χ2v) is 18.0. The van der Waals surface area contributed by atoms with E-state index in [2.05, 4.69) is 220 Å². The molecule has 284 valence electrons. The van der Waals surface area contributed by atoms with Gasteiger partial charge in [0.15, 0.2) is 0 Å². The van der Waals surface area contributed by atoms with Gasteiger partial charge < -0.3 is 4.42 Å². The predicted octanol–water partition coefficient (Wildman–Crippen LogP) is 9.29. The molecule has 3 nitrogen and oxygen atoms in total. The van der Waals surface area contributed by atoms with E-state index < -0.39 is 0 Å². The minimum atomic E-state index is -0.168. The van der Waals surface area contributed by atoms with Crippen molar-refractivity contribution < 1.29 is 4.42 Å². The second-order valence-electron chi connectivity index (χ2n) is 18.0. The first-order chi connectivity index (χ1) is 29.6. The number of hydrogen-bond donors (Lipinski definition) is 0. The Morgan fingerprint density at radius 3 is 1.62 bits per heavy atom. The third-order valence-corrected chi connectivity index (χ3v) is 13.4. The molecule has 0 aliphatic heterocycles. The summed E-state index contributed by atoms with van der Waals surface area (Å²) in [6.45, 7) is 0. The van der Waals surface area contributed by atoms with E-state index in [1.807, 2.05) is 12.1 Å². The first-order valence-corrected chi connectivity index (χ1v) is 21.3. The van der Waals surface area contributed by atoms with Crippen molar-refractivity contribution >= 4 is 93.7 Å². The zero-order valence-electron chi connectivity index (χ0n) is 35.2. The highest BCUT2D eigenvalue weighted by atomic mass is 16.3. The molecule has 0 bridgehead atoms. The Kier molecular flexibility index (Phi) is 8.58. The molecular formula is C53H41B5N2O. The lowest BCUT2D eigenvalue weighted by Gasteiger charge is -2.39. The number of imidazole rings is 1. The summed E-state index contributed by atoms with van der Waals surface area (Å²) in [5.41, 5.74) is 14.7. The van der Waals surface area contributed by atoms with Crippen molar-refractivity contribution in [3.63, 3.8) is 0 Å². The van der Waals surface area contributed by atoms with Gasteiger partial charge in [0.25, 0.3) is 0 Å². The molecule has 0 saturated carbocycles. The molecule has 0 unspecified atom stereocenters. The minimum Gasteiger partial charge on any atom is -0.456 e. The summed E-state index contributed by atoms with van der Waals surface area (Å²) in [5.74, 6) is 1.08. The second kappa shape index (κ2) is 14.1. The van der Waals surface area contributed by atoms with Gasteiger partial charge in [-0.2, -0.15) is 0 Å². The molecule has 0 radical (unpaired) electrons. The molecule has 11 rings (SSSR count). The first-order valence-electron chi connectivity index (χ1n) is 21.3. The van der Waals surface area contributed by atoms with Gasteiger partial charge in [0.1, 0.15) is 32.7 Å². The van der Waals surface area contributed by atoms with Crippen molar-refractivity contribution in [2.24, 2.45) is 0 Å². The Labute approximate surface area is 360 Å². The fourth-order valence-corrected chi connectivity index (χ4v) is 9.17. The summed E-state index contributed by atoms with van der Waals surface area (Å²) in [6, 6.07) is 68.2. The monoisotopic (exact) mass is 776 g/mol. The number of rotatable bonds is 7. The first kappa shape index (κ1) is 37.1. The van der Waals surface area contributed by atoms with Gasteiger partial charge in [0, 0.05) is 16.5 Å². The van der Waals surface area contributed by atoms with Crippen LogP contribution in [0.4, 0.5) is 0 Å². The van der Waals surface area contributed by atoms with Crippen molar-refractivity contribution in [1.82, 2.24) is 9.55 Å². The molecule has 0 N–H and O–H groups in total. The van der Waals surface area contributed by atoms with Gasteiger partial charge >= 0.3 is 0 Å².